The van der Waals surface area contributed by atoms with Gasteiger partial charge < -0.3 is 14.3 Å². The molecule has 0 spiro atoms. The minimum Gasteiger partial charge on any atom is -0.507 e. The first-order valence-corrected chi connectivity index (χ1v) is 9.47. The van der Waals surface area contributed by atoms with Crippen molar-refractivity contribution < 1.29 is 14.3 Å². The van der Waals surface area contributed by atoms with Crippen molar-refractivity contribution in [1.82, 2.24) is 0 Å². The quantitative estimate of drug-likeness (QED) is 0.386. The van der Waals surface area contributed by atoms with Gasteiger partial charge in [0.2, 0.25) is 0 Å². The first kappa shape index (κ1) is 20.5. The second-order valence-electron chi connectivity index (χ2n) is 6.50. The number of hydrogen-bond acceptors (Lipinski definition) is 4. The Bertz CT molecular complexity index is 519. The smallest absolute Gasteiger partial charge is 0.342 e. The predicted molar refractivity (Wildman–Crippen MR) is 96.6 cm³/mol. The van der Waals surface area contributed by atoms with E-state index in [1.165, 1.54) is 0 Å². The van der Waals surface area contributed by atoms with Crippen LogP contribution in [0.25, 0.3) is 0 Å². The molecule has 4 nitrogen and oxygen atoms in total. The molecule has 0 atom stereocenters. The number of carbonyl (C=O) groups excluding carboxylic acids is 1. The molecule has 0 unspecified atom stereocenters. The molecular weight excluding hydrogens is 304 g/mol. The number of carbonyl (C=O) groups is 1. The normalized spacial score (nSPS) is 10.9. The summed E-state index contributed by atoms with van der Waals surface area (Å²) in [5.41, 5.74) is 0.0376. The Hall–Kier alpha value is -1.58. The molecule has 0 aliphatic carbocycles. The number of aldehydes is 1. The lowest BCUT2D eigenvalue weighted by molar-refractivity contribution is -0.107. The van der Waals surface area contributed by atoms with Crippen LogP contribution in [0, 0.1) is 0 Å². The van der Waals surface area contributed by atoms with Gasteiger partial charge in [-0.1, -0.05) is 51.9 Å². The summed E-state index contributed by atoms with van der Waals surface area (Å²) < 4.78 is 5.32. The lowest BCUT2D eigenvalue weighted by Gasteiger charge is -2.06. The molecule has 4 heteroatoms. The van der Waals surface area contributed by atoms with Gasteiger partial charge in [-0.3, -0.25) is 0 Å². The van der Waals surface area contributed by atoms with Gasteiger partial charge in [0, 0.05) is 18.9 Å². The van der Waals surface area contributed by atoms with E-state index in [2.05, 4.69) is 6.92 Å². The van der Waals surface area contributed by atoms with Crippen LogP contribution in [-0.2, 0) is 17.6 Å². The zero-order valence-corrected chi connectivity index (χ0v) is 15.0. The van der Waals surface area contributed by atoms with E-state index in [9.17, 15) is 14.7 Å². The van der Waals surface area contributed by atoms with Gasteiger partial charge in [-0.15, -0.1) is 0 Å². The van der Waals surface area contributed by atoms with Crippen molar-refractivity contribution >= 4 is 6.29 Å². The molecule has 0 saturated carbocycles. The third kappa shape index (κ3) is 8.32. The first-order valence-electron chi connectivity index (χ1n) is 9.47. The molecule has 1 heterocycles. The van der Waals surface area contributed by atoms with Crippen LogP contribution in [0.2, 0.25) is 0 Å². The Morgan fingerprint density at radius 3 is 2.21 bits per heavy atom. The molecule has 1 aromatic rings. The van der Waals surface area contributed by atoms with Crippen LogP contribution in [0.3, 0.4) is 0 Å². The summed E-state index contributed by atoms with van der Waals surface area (Å²) in [5, 5.41) is 10.1. The van der Waals surface area contributed by atoms with Crippen LogP contribution in [0.4, 0.5) is 0 Å². The van der Waals surface area contributed by atoms with Crippen molar-refractivity contribution in [2.75, 3.05) is 0 Å². The standard InChI is InChI=1S/C20H32O4/c1-2-3-10-13-17-16-19(22)18(20(23)24-17)14-11-8-6-4-5-7-9-12-15-21/h15-16,22H,2-14H2,1H3. The van der Waals surface area contributed by atoms with Gasteiger partial charge in [-0.05, 0) is 25.7 Å². The van der Waals surface area contributed by atoms with E-state index in [0.717, 1.165) is 70.5 Å². The highest BCUT2D eigenvalue weighted by Crippen LogP contribution is 2.19. The molecule has 0 aliphatic heterocycles. The molecule has 0 fully saturated rings. The zero-order valence-electron chi connectivity index (χ0n) is 15.0. The van der Waals surface area contributed by atoms with E-state index in [-0.39, 0.29) is 11.4 Å². The SMILES string of the molecule is CCCCCc1cc(O)c(CCCCCCCCCC=O)c(=O)o1. The maximum absolute atomic E-state index is 12.0. The Labute approximate surface area is 145 Å². The fourth-order valence-corrected chi connectivity index (χ4v) is 2.87. The van der Waals surface area contributed by atoms with Gasteiger partial charge in [0.1, 0.15) is 17.8 Å². The van der Waals surface area contributed by atoms with Crippen molar-refractivity contribution in [2.45, 2.75) is 90.4 Å². The van der Waals surface area contributed by atoms with Gasteiger partial charge in [0.15, 0.2) is 0 Å². The highest BCUT2D eigenvalue weighted by molar-refractivity contribution is 5.48. The molecule has 1 rings (SSSR count). The molecule has 1 aromatic heterocycles. The monoisotopic (exact) mass is 336 g/mol. The summed E-state index contributed by atoms with van der Waals surface area (Å²) in [6.45, 7) is 2.13. The Morgan fingerprint density at radius 2 is 1.58 bits per heavy atom. The van der Waals surface area contributed by atoms with E-state index < -0.39 is 0 Å². The average Bonchev–Trinajstić information content (AvgIpc) is 2.55. The maximum Gasteiger partial charge on any atom is 0.342 e. The number of rotatable bonds is 14. The summed E-state index contributed by atoms with van der Waals surface area (Å²) in [5.74, 6) is 0.677. The predicted octanol–water partition coefficient (Wildman–Crippen LogP) is 4.94. The topological polar surface area (TPSA) is 67.5 Å². The third-order valence-electron chi connectivity index (χ3n) is 4.35. The van der Waals surface area contributed by atoms with Crippen LogP contribution in [0.15, 0.2) is 15.3 Å². The summed E-state index contributed by atoms with van der Waals surface area (Å²) in [6, 6.07) is 1.61. The highest BCUT2D eigenvalue weighted by Gasteiger charge is 2.10. The van der Waals surface area contributed by atoms with Gasteiger partial charge >= 0.3 is 5.63 Å². The first-order chi connectivity index (χ1) is 11.7. The van der Waals surface area contributed by atoms with Gasteiger partial charge in [0.05, 0.1) is 5.56 Å². The fraction of sp³-hybridized carbons (Fsp3) is 0.700. The fourth-order valence-electron chi connectivity index (χ4n) is 2.87. The molecule has 0 saturated heterocycles. The molecule has 0 bridgehead atoms. The van der Waals surface area contributed by atoms with Crippen LogP contribution >= 0.6 is 0 Å². The van der Waals surface area contributed by atoms with E-state index in [1.54, 1.807) is 6.07 Å². The number of unbranched alkanes of at least 4 members (excludes halogenated alkanes) is 9. The van der Waals surface area contributed by atoms with E-state index >= 15 is 0 Å². The van der Waals surface area contributed by atoms with Crippen molar-refractivity contribution in [2.24, 2.45) is 0 Å². The summed E-state index contributed by atoms with van der Waals surface area (Å²) >= 11 is 0. The Morgan fingerprint density at radius 1 is 0.958 bits per heavy atom. The molecule has 1 N–H and O–H groups in total. The highest BCUT2D eigenvalue weighted by atomic mass is 16.4. The average molecular weight is 336 g/mol. The van der Waals surface area contributed by atoms with Gasteiger partial charge in [-0.2, -0.15) is 0 Å². The summed E-state index contributed by atoms with van der Waals surface area (Å²) in [4.78, 5) is 22.2. The molecule has 24 heavy (non-hydrogen) atoms. The van der Waals surface area contributed by atoms with Crippen molar-refractivity contribution in [3.63, 3.8) is 0 Å². The number of aryl methyl sites for hydroxylation is 1. The summed E-state index contributed by atoms with van der Waals surface area (Å²) in [6.07, 6.45) is 13.6. The van der Waals surface area contributed by atoms with E-state index in [0.29, 0.717) is 30.6 Å². The zero-order chi connectivity index (χ0) is 17.6. The molecule has 0 radical (unpaired) electrons. The van der Waals surface area contributed by atoms with E-state index in [4.69, 9.17) is 4.42 Å². The molecule has 136 valence electrons. The lowest BCUT2D eigenvalue weighted by atomic mass is 10.0. The summed E-state index contributed by atoms with van der Waals surface area (Å²) in [7, 11) is 0. The second-order valence-corrected chi connectivity index (χ2v) is 6.50. The Kier molecular flexibility index (Phi) is 10.9. The molecule has 0 aromatic carbocycles. The second kappa shape index (κ2) is 12.8. The molecular formula is C20H32O4. The Balaban J connectivity index is 2.27. The third-order valence-corrected chi connectivity index (χ3v) is 4.35. The minimum atomic E-state index is -0.379. The largest absolute Gasteiger partial charge is 0.507 e. The van der Waals surface area contributed by atoms with Crippen LogP contribution in [-0.4, -0.2) is 11.4 Å². The van der Waals surface area contributed by atoms with Gasteiger partial charge in [-0.25, -0.2) is 4.79 Å². The van der Waals surface area contributed by atoms with Gasteiger partial charge in [0.25, 0.3) is 0 Å². The van der Waals surface area contributed by atoms with Crippen molar-refractivity contribution in [1.29, 1.82) is 0 Å². The number of aromatic hydroxyl groups is 1. The van der Waals surface area contributed by atoms with Crippen LogP contribution < -0.4 is 5.63 Å². The minimum absolute atomic E-state index is 0.0895. The van der Waals surface area contributed by atoms with Crippen molar-refractivity contribution in [3.05, 3.63) is 27.8 Å². The van der Waals surface area contributed by atoms with Crippen LogP contribution in [0.1, 0.15) is 88.9 Å². The van der Waals surface area contributed by atoms with E-state index in [1.807, 2.05) is 0 Å². The number of hydrogen-bond donors (Lipinski definition) is 1. The molecule has 0 aliphatic rings. The molecule has 0 amide bonds. The van der Waals surface area contributed by atoms with Crippen LogP contribution in [0.5, 0.6) is 5.75 Å². The maximum atomic E-state index is 12.0. The van der Waals surface area contributed by atoms with Crippen molar-refractivity contribution in [3.8, 4) is 5.75 Å². The lowest BCUT2D eigenvalue weighted by Crippen LogP contribution is -2.09.